The molecule has 0 spiro atoms. The van der Waals surface area contributed by atoms with Crippen molar-refractivity contribution in [2.45, 2.75) is 33.8 Å². The third-order valence-electron chi connectivity index (χ3n) is 3.89. The van der Waals surface area contributed by atoms with Crippen LogP contribution < -0.4 is 5.32 Å². The second kappa shape index (κ2) is 8.44. The maximum absolute atomic E-state index is 12.8. The van der Waals surface area contributed by atoms with E-state index in [9.17, 15) is 14.4 Å². The Labute approximate surface area is 176 Å². The Balaban J connectivity index is 2.52. The lowest BCUT2D eigenvalue weighted by Gasteiger charge is -2.11. The van der Waals surface area contributed by atoms with Gasteiger partial charge in [-0.2, -0.15) is 5.10 Å². The van der Waals surface area contributed by atoms with Gasteiger partial charge >= 0.3 is 5.97 Å². The van der Waals surface area contributed by atoms with Crippen molar-refractivity contribution in [1.29, 1.82) is 0 Å². The van der Waals surface area contributed by atoms with E-state index in [2.05, 4.69) is 26.3 Å². The maximum Gasteiger partial charge on any atom is 0.341 e. The number of hydrogen-bond donors (Lipinski definition) is 1. The molecule has 8 nitrogen and oxygen atoms in total. The summed E-state index contributed by atoms with van der Waals surface area (Å²) in [7, 11) is 4.91. The van der Waals surface area contributed by atoms with E-state index in [1.54, 1.807) is 48.8 Å². The summed E-state index contributed by atoms with van der Waals surface area (Å²) in [6, 6.07) is 0. The predicted molar refractivity (Wildman–Crippen MR) is 111 cm³/mol. The second-order valence-electron chi connectivity index (χ2n) is 6.74. The van der Waals surface area contributed by atoms with Gasteiger partial charge in [0.2, 0.25) is 0 Å². The first-order valence-electron chi connectivity index (χ1n) is 8.52. The van der Waals surface area contributed by atoms with Gasteiger partial charge in [0.25, 0.3) is 11.8 Å². The Morgan fingerprint density at radius 1 is 1.25 bits per heavy atom. The van der Waals surface area contributed by atoms with Crippen LogP contribution in [-0.2, 0) is 11.8 Å². The van der Waals surface area contributed by atoms with E-state index in [1.165, 1.54) is 9.58 Å². The summed E-state index contributed by atoms with van der Waals surface area (Å²) in [5.41, 5.74) is 1.64. The minimum atomic E-state index is -0.586. The molecular weight excluding hydrogens is 448 g/mol. The first-order valence-corrected chi connectivity index (χ1v) is 10.1. The van der Waals surface area contributed by atoms with Crippen LogP contribution in [0.3, 0.4) is 0 Å². The van der Waals surface area contributed by atoms with Crippen LogP contribution in [0.4, 0.5) is 5.00 Å². The number of amides is 2. The van der Waals surface area contributed by atoms with E-state index >= 15 is 0 Å². The van der Waals surface area contributed by atoms with E-state index < -0.39 is 11.9 Å². The second-order valence-corrected chi connectivity index (χ2v) is 8.55. The molecule has 0 unspecified atom stereocenters. The fourth-order valence-corrected chi connectivity index (χ4v) is 4.30. The molecule has 0 aliphatic rings. The number of rotatable bonds is 5. The molecule has 0 radical (unpaired) electrons. The number of anilines is 1. The summed E-state index contributed by atoms with van der Waals surface area (Å²) in [6.07, 6.45) is -0.336. The van der Waals surface area contributed by atoms with Gasteiger partial charge in [-0.15, -0.1) is 11.3 Å². The topological polar surface area (TPSA) is 93.5 Å². The molecule has 0 bridgehead atoms. The number of carbonyl (C=O) groups excluding carboxylic acids is 3. The number of aryl methyl sites for hydroxylation is 2. The zero-order chi connectivity index (χ0) is 21.3. The number of esters is 1. The van der Waals surface area contributed by atoms with Crippen LogP contribution in [-0.4, -0.2) is 52.7 Å². The summed E-state index contributed by atoms with van der Waals surface area (Å²) in [4.78, 5) is 39.8. The maximum atomic E-state index is 12.8. The molecule has 0 saturated carbocycles. The highest BCUT2D eigenvalue weighted by atomic mass is 79.9. The Morgan fingerprint density at radius 3 is 2.32 bits per heavy atom. The van der Waals surface area contributed by atoms with Gasteiger partial charge in [0.1, 0.15) is 10.7 Å². The van der Waals surface area contributed by atoms with Crippen LogP contribution in [0, 0.1) is 13.8 Å². The number of nitrogens with zero attached hydrogens (tertiary/aromatic N) is 3. The largest absolute Gasteiger partial charge is 0.459 e. The number of hydrogen-bond acceptors (Lipinski definition) is 6. The quantitative estimate of drug-likeness (QED) is 0.675. The molecule has 10 heteroatoms. The number of carbonyl (C=O) groups is 3. The highest BCUT2D eigenvalue weighted by molar-refractivity contribution is 9.10. The third kappa shape index (κ3) is 4.27. The lowest BCUT2D eigenvalue weighted by molar-refractivity contribution is 0.0379. The first-order chi connectivity index (χ1) is 13.0. The van der Waals surface area contributed by atoms with Crippen LogP contribution in [0.15, 0.2) is 4.47 Å². The van der Waals surface area contributed by atoms with Crippen molar-refractivity contribution >= 4 is 50.1 Å². The highest BCUT2D eigenvalue weighted by Crippen LogP contribution is 2.35. The van der Waals surface area contributed by atoms with E-state index in [0.29, 0.717) is 26.3 Å². The van der Waals surface area contributed by atoms with Gasteiger partial charge in [0, 0.05) is 21.1 Å². The Morgan fingerprint density at radius 2 is 1.86 bits per heavy atom. The lowest BCUT2D eigenvalue weighted by atomic mass is 10.1. The molecule has 0 aliphatic heterocycles. The minimum Gasteiger partial charge on any atom is -0.459 e. The highest BCUT2D eigenvalue weighted by Gasteiger charge is 2.29. The molecule has 28 heavy (non-hydrogen) atoms. The van der Waals surface area contributed by atoms with Crippen LogP contribution in [0.25, 0.3) is 0 Å². The smallest absolute Gasteiger partial charge is 0.341 e. The van der Waals surface area contributed by atoms with Crippen molar-refractivity contribution in [3.8, 4) is 0 Å². The van der Waals surface area contributed by atoms with Gasteiger partial charge in [-0.25, -0.2) is 4.79 Å². The third-order valence-corrected chi connectivity index (χ3v) is 6.03. The van der Waals surface area contributed by atoms with Crippen LogP contribution in [0.1, 0.15) is 55.6 Å². The Hall–Kier alpha value is -2.20. The predicted octanol–water partition coefficient (Wildman–Crippen LogP) is 3.38. The molecule has 0 fully saturated rings. The van der Waals surface area contributed by atoms with Crippen molar-refractivity contribution in [1.82, 2.24) is 14.7 Å². The summed E-state index contributed by atoms with van der Waals surface area (Å²) in [5.74, 6) is -1.28. The van der Waals surface area contributed by atoms with Crippen molar-refractivity contribution in [2.24, 2.45) is 7.05 Å². The molecule has 0 saturated heterocycles. The van der Waals surface area contributed by atoms with E-state index in [-0.39, 0.29) is 22.6 Å². The number of halogens is 1. The van der Waals surface area contributed by atoms with E-state index in [0.717, 1.165) is 11.3 Å². The zero-order valence-corrected chi connectivity index (χ0v) is 19.2. The summed E-state index contributed by atoms with van der Waals surface area (Å²) < 4.78 is 7.33. The van der Waals surface area contributed by atoms with Crippen LogP contribution in [0.2, 0.25) is 0 Å². The van der Waals surface area contributed by atoms with Gasteiger partial charge in [-0.1, -0.05) is 0 Å². The van der Waals surface area contributed by atoms with Gasteiger partial charge in [-0.3, -0.25) is 14.3 Å². The molecule has 0 aliphatic carbocycles. The fraction of sp³-hybridized carbons (Fsp3) is 0.444. The number of thiophene rings is 1. The molecule has 0 aromatic carbocycles. The van der Waals surface area contributed by atoms with Crippen molar-refractivity contribution in [3.63, 3.8) is 0 Å². The normalized spacial score (nSPS) is 10.9. The molecule has 2 aromatic heterocycles. The van der Waals surface area contributed by atoms with Gasteiger partial charge in [-0.05, 0) is 49.2 Å². The molecule has 2 rings (SSSR count). The zero-order valence-electron chi connectivity index (χ0n) is 16.8. The average molecular weight is 471 g/mol. The number of ether oxygens (including phenoxy) is 1. The molecule has 2 heterocycles. The van der Waals surface area contributed by atoms with Crippen LogP contribution in [0.5, 0.6) is 0 Å². The Bertz CT molecular complexity index is 946. The summed E-state index contributed by atoms with van der Waals surface area (Å²) in [5, 5.41) is 7.22. The van der Waals surface area contributed by atoms with Crippen molar-refractivity contribution < 1.29 is 19.1 Å². The fourth-order valence-electron chi connectivity index (χ4n) is 2.57. The van der Waals surface area contributed by atoms with Gasteiger partial charge < -0.3 is 15.0 Å². The molecule has 0 atom stereocenters. The monoisotopic (exact) mass is 470 g/mol. The van der Waals surface area contributed by atoms with Crippen molar-refractivity contribution in [3.05, 3.63) is 31.9 Å². The lowest BCUT2D eigenvalue weighted by Crippen LogP contribution is -2.21. The molecular formula is C18H23BrN4O4S. The minimum absolute atomic E-state index is 0.187. The summed E-state index contributed by atoms with van der Waals surface area (Å²) >= 11 is 4.41. The SMILES string of the molecule is Cc1nn(C)c(C(=O)Nc2sc(C(=O)N(C)C)c(C)c2C(=O)OC(C)C)c1Br. The molecule has 2 amide bonds. The summed E-state index contributed by atoms with van der Waals surface area (Å²) in [6.45, 7) is 6.91. The van der Waals surface area contributed by atoms with Crippen LogP contribution >= 0.6 is 27.3 Å². The van der Waals surface area contributed by atoms with Gasteiger partial charge in [0.05, 0.1) is 26.7 Å². The number of nitrogens with one attached hydrogen (secondary N) is 1. The number of aromatic nitrogens is 2. The first kappa shape index (κ1) is 22.1. The average Bonchev–Trinajstić information content (AvgIpc) is 3.02. The standard InChI is InChI=1S/C18H23BrN4O4S/c1-8(2)27-18(26)11-9(3)14(17(25)22(5)6)28-16(11)20-15(24)13-12(19)10(4)21-23(13)7/h8H,1-7H3,(H,20,24). The van der Waals surface area contributed by atoms with E-state index in [4.69, 9.17) is 4.74 Å². The Kier molecular flexibility index (Phi) is 6.66. The molecule has 152 valence electrons. The molecule has 2 aromatic rings. The molecule has 1 N–H and O–H groups in total. The van der Waals surface area contributed by atoms with E-state index in [1.807, 2.05) is 0 Å². The van der Waals surface area contributed by atoms with Gasteiger partial charge in [0.15, 0.2) is 0 Å². The van der Waals surface area contributed by atoms with Crippen molar-refractivity contribution in [2.75, 3.05) is 19.4 Å².